The third kappa shape index (κ3) is 3.99. The lowest BCUT2D eigenvalue weighted by molar-refractivity contribution is 0.348. The van der Waals surface area contributed by atoms with Crippen LogP contribution in [0.25, 0.3) is 0 Å². The summed E-state index contributed by atoms with van der Waals surface area (Å²) in [5, 5.41) is 0. The van der Waals surface area contributed by atoms with Crippen molar-refractivity contribution in [1.29, 1.82) is 0 Å². The Balaban J connectivity index is 1.88. The fourth-order valence-corrected chi connectivity index (χ4v) is 1.98. The molecule has 1 atom stereocenters. The van der Waals surface area contributed by atoms with Crippen molar-refractivity contribution < 1.29 is 4.74 Å². The first-order valence-corrected chi connectivity index (χ1v) is 5.14. The lowest BCUT2D eigenvalue weighted by Crippen LogP contribution is -2.16. The molecule has 1 fully saturated rings. The van der Waals surface area contributed by atoms with Gasteiger partial charge in [-0.2, -0.15) is 11.8 Å². The van der Waals surface area contributed by atoms with Gasteiger partial charge < -0.3 is 9.64 Å². The van der Waals surface area contributed by atoms with Crippen molar-refractivity contribution in [2.75, 3.05) is 38.8 Å². The van der Waals surface area contributed by atoms with E-state index in [1.165, 1.54) is 12.3 Å². The van der Waals surface area contributed by atoms with Gasteiger partial charge in [0, 0.05) is 18.1 Å². The summed E-state index contributed by atoms with van der Waals surface area (Å²) in [4.78, 5) is 2.21. The van der Waals surface area contributed by atoms with Crippen LogP contribution in [0, 0.1) is 0 Å². The zero-order valence-corrected chi connectivity index (χ0v) is 8.41. The van der Waals surface area contributed by atoms with Crippen molar-refractivity contribution in [3.8, 4) is 0 Å². The minimum atomic E-state index is 0.233. The molecule has 1 saturated heterocycles. The Labute approximate surface area is 73.3 Å². The van der Waals surface area contributed by atoms with Crippen molar-refractivity contribution in [1.82, 2.24) is 4.90 Å². The summed E-state index contributed by atoms with van der Waals surface area (Å²) in [5.41, 5.74) is 0.233. The van der Waals surface area contributed by atoms with Gasteiger partial charge in [-0.15, -0.1) is 0 Å². The average molecular weight is 175 g/mol. The largest absolute Gasteiger partial charge is 0.369 e. The van der Waals surface area contributed by atoms with Crippen molar-refractivity contribution >= 4 is 11.8 Å². The number of nitrogens with zero attached hydrogens (tertiary/aromatic N) is 1. The summed E-state index contributed by atoms with van der Waals surface area (Å²) < 4.78 is 5.27. The van der Waals surface area contributed by atoms with Gasteiger partial charge in [-0.05, 0) is 21.0 Å². The van der Waals surface area contributed by atoms with E-state index in [9.17, 15) is 0 Å². The van der Waals surface area contributed by atoms with Crippen molar-refractivity contribution in [3.63, 3.8) is 0 Å². The maximum atomic E-state index is 5.27. The minimum Gasteiger partial charge on any atom is -0.369 e. The van der Waals surface area contributed by atoms with Crippen LogP contribution in [0.5, 0.6) is 0 Å². The highest BCUT2D eigenvalue weighted by atomic mass is 32.2. The number of hydrogen-bond donors (Lipinski definition) is 0. The Kier molecular flexibility index (Phi) is 3.22. The first-order chi connectivity index (χ1) is 5.12. The van der Waals surface area contributed by atoms with Crippen LogP contribution in [0.15, 0.2) is 0 Å². The molecule has 0 aliphatic carbocycles. The molecule has 0 radical (unpaired) electrons. The van der Waals surface area contributed by atoms with Crippen molar-refractivity contribution in [2.45, 2.75) is 12.5 Å². The van der Waals surface area contributed by atoms with Crippen molar-refractivity contribution in [3.05, 3.63) is 0 Å². The molecule has 0 aromatic carbocycles. The van der Waals surface area contributed by atoms with Gasteiger partial charge in [0.15, 0.2) is 0 Å². The number of ether oxygens (including phenoxy) is 1. The topological polar surface area (TPSA) is 15.8 Å². The van der Waals surface area contributed by atoms with E-state index in [1.54, 1.807) is 0 Å². The normalized spacial score (nSPS) is 29.5. The molecule has 1 heterocycles. The Hall–Kier alpha value is 0.270. The zero-order valence-electron chi connectivity index (χ0n) is 7.59. The number of hydrogen-bond acceptors (Lipinski definition) is 3. The maximum absolute atomic E-state index is 5.27. The molecule has 66 valence electrons. The molecule has 0 aromatic heterocycles. The predicted octanol–water partition coefficient (Wildman–Crippen LogP) is 1.07. The maximum Gasteiger partial charge on any atom is 0.0978 e. The second-order valence-electron chi connectivity index (χ2n) is 3.59. The van der Waals surface area contributed by atoms with Gasteiger partial charge in [0.05, 0.1) is 12.2 Å². The van der Waals surface area contributed by atoms with E-state index in [0.717, 1.165) is 12.4 Å². The van der Waals surface area contributed by atoms with E-state index < -0.39 is 0 Å². The summed E-state index contributed by atoms with van der Waals surface area (Å²) in [6.45, 7) is 4.30. The highest BCUT2D eigenvalue weighted by Gasteiger charge is 2.38. The number of epoxide rings is 1. The van der Waals surface area contributed by atoms with Crippen molar-refractivity contribution in [2.24, 2.45) is 0 Å². The first kappa shape index (κ1) is 9.36. The molecule has 0 aromatic rings. The van der Waals surface area contributed by atoms with E-state index >= 15 is 0 Å². The summed E-state index contributed by atoms with van der Waals surface area (Å²) in [5.74, 6) is 2.37. The monoisotopic (exact) mass is 175 g/mol. The Bertz CT molecular complexity index is 123. The lowest BCUT2D eigenvalue weighted by Gasteiger charge is -2.09. The Morgan fingerprint density at radius 3 is 2.64 bits per heavy atom. The van der Waals surface area contributed by atoms with Gasteiger partial charge in [0.1, 0.15) is 0 Å². The molecule has 1 aliphatic heterocycles. The molecule has 0 spiro atoms. The van der Waals surface area contributed by atoms with Gasteiger partial charge >= 0.3 is 0 Å². The third-order valence-electron chi connectivity index (χ3n) is 1.73. The summed E-state index contributed by atoms with van der Waals surface area (Å²) in [7, 11) is 4.21. The summed E-state index contributed by atoms with van der Waals surface area (Å²) >= 11 is 1.98. The molecular weight excluding hydrogens is 158 g/mol. The van der Waals surface area contributed by atoms with Gasteiger partial charge in [-0.1, -0.05) is 0 Å². The van der Waals surface area contributed by atoms with Crippen LogP contribution < -0.4 is 0 Å². The van der Waals surface area contributed by atoms with Crippen LogP contribution in [0.3, 0.4) is 0 Å². The number of rotatable bonds is 5. The first-order valence-electron chi connectivity index (χ1n) is 3.99. The lowest BCUT2D eigenvalue weighted by atomic mass is 10.3. The fraction of sp³-hybridized carbons (Fsp3) is 1.00. The predicted molar refractivity (Wildman–Crippen MR) is 50.2 cm³/mol. The van der Waals surface area contributed by atoms with E-state index in [-0.39, 0.29) is 5.60 Å². The minimum absolute atomic E-state index is 0.233. The smallest absolute Gasteiger partial charge is 0.0978 e. The molecule has 1 unspecified atom stereocenters. The van der Waals surface area contributed by atoms with Crippen LogP contribution in [0.2, 0.25) is 0 Å². The van der Waals surface area contributed by atoms with Gasteiger partial charge in [0.2, 0.25) is 0 Å². The molecule has 3 heteroatoms. The highest BCUT2D eigenvalue weighted by Crippen LogP contribution is 2.29. The average Bonchev–Trinajstić information content (AvgIpc) is 2.62. The van der Waals surface area contributed by atoms with E-state index in [4.69, 9.17) is 4.74 Å². The molecule has 0 amide bonds. The van der Waals surface area contributed by atoms with E-state index in [1.807, 2.05) is 11.8 Å². The van der Waals surface area contributed by atoms with E-state index in [0.29, 0.717) is 0 Å². The standard InChI is InChI=1S/C8H17NOS/c1-8(6-10-8)7-11-5-4-9(2)3/h4-7H2,1-3H3. The quantitative estimate of drug-likeness (QED) is 0.459. The van der Waals surface area contributed by atoms with E-state index in [2.05, 4.69) is 25.9 Å². The molecule has 0 N–H and O–H groups in total. The molecule has 1 aliphatic rings. The third-order valence-corrected chi connectivity index (χ3v) is 3.01. The SMILES string of the molecule is CN(C)CCSCC1(C)CO1. The molecule has 1 rings (SSSR count). The number of thioether (sulfide) groups is 1. The summed E-state index contributed by atoms with van der Waals surface area (Å²) in [6.07, 6.45) is 0. The Morgan fingerprint density at radius 1 is 1.55 bits per heavy atom. The molecule has 11 heavy (non-hydrogen) atoms. The van der Waals surface area contributed by atoms with Gasteiger partial charge in [-0.3, -0.25) is 0 Å². The van der Waals surface area contributed by atoms with Crippen LogP contribution in [-0.4, -0.2) is 49.3 Å². The van der Waals surface area contributed by atoms with Crippen LogP contribution >= 0.6 is 11.8 Å². The highest BCUT2D eigenvalue weighted by molar-refractivity contribution is 7.99. The summed E-state index contributed by atoms with van der Waals surface area (Å²) in [6, 6.07) is 0. The van der Waals surface area contributed by atoms with Gasteiger partial charge in [-0.25, -0.2) is 0 Å². The zero-order chi connectivity index (χ0) is 8.32. The van der Waals surface area contributed by atoms with Crippen LogP contribution in [0.4, 0.5) is 0 Å². The molecule has 0 bridgehead atoms. The molecular formula is C8H17NOS. The molecule has 0 saturated carbocycles. The van der Waals surface area contributed by atoms with Crippen LogP contribution in [-0.2, 0) is 4.74 Å². The van der Waals surface area contributed by atoms with Crippen LogP contribution in [0.1, 0.15) is 6.92 Å². The Morgan fingerprint density at radius 2 is 2.18 bits per heavy atom. The van der Waals surface area contributed by atoms with Gasteiger partial charge in [0.25, 0.3) is 0 Å². The molecule has 2 nitrogen and oxygen atoms in total. The second kappa shape index (κ2) is 3.78. The fourth-order valence-electron chi connectivity index (χ4n) is 0.742. The second-order valence-corrected chi connectivity index (χ2v) is 4.70.